The Morgan fingerprint density at radius 1 is 1.20 bits per heavy atom. The maximum absolute atomic E-state index is 12.4. The van der Waals surface area contributed by atoms with Crippen molar-refractivity contribution in [3.05, 3.63) is 70.1 Å². The van der Waals surface area contributed by atoms with E-state index in [1.54, 1.807) is 48.2 Å². The normalized spacial score (nSPS) is 10.9. The Balaban J connectivity index is 1.53. The number of anilines is 1. The monoisotopic (exact) mass is 441 g/mol. The molecule has 0 saturated heterocycles. The van der Waals surface area contributed by atoms with Crippen molar-refractivity contribution in [1.29, 1.82) is 0 Å². The molecule has 0 unspecified atom stereocenters. The van der Waals surface area contributed by atoms with Crippen LogP contribution in [0.25, 0.3) is 16.7 Å². The lowest BCUT2D eigenvalue weighted by Crippen LogP contribution is -2.15. The van der Waals surface area contributed by atoms with Crippen molar-refractivity contribution >= 4 is 46.0 Å². The minimum Gasteiger partial charge on any atom is -0.497 e. The molecular weight excluding hydrogens is 426 g/mol. The number of halogens is 1. The summed E-state index contributed by atoms with van der Waals surface area (Å²) in [4.78, 5) is 31.8. The summed E-state index contributed by atoms with van der Waals surface area (Å²) >= 11 is 6.97. The van der Waals surface area contributed by atoms with Gasteiger partial charge in [0.25, 0.3) is 5.56 Å². The lowest BCUT2D eigenvalue weighted by Gasteiger charge is -2.06. The first kappa shape index (κ1) is 20.0. The summed E-state index contributed by atoms with van der Waals surface area (Å²) in [6.07, 6.45) is 1.47. The number of nitrogens with zero attached hydrogens (tertiary/aromatic N) is 3. The number of carbonyl (C=O) groups is 1. The van der Waals surface area contributed by atoms with Gasteiger partial charge in [-0.2, -0.15) is 5.10 Å². The maximum atomic E-state index is 12.4. The Hall–Kier alpha value is -3.30. The minimum absolute atomic E-state index is 0.0771. The van der Waals surface area contributed by atoms with E-state index in [-0.39, 0.29) is 17.2 Å². The van der Waals surface area contributed by atoms with Gasteiger partial charge in [-0.15, -0.1) is 0 Å². The van der Waals surface area contributed by atoms with Crippen LogP contribution in [-0.4, -0.2) is 38.5 Å². The number of hydrogen-bond donors (Lipinski definition) is 2. The summed E-state index contributed by atoms with van der Waals surface area (Å²) in [7, 11) is 1.59. The first-order valence-corrected chi connectivity index (χ1v) is 10.2. The number of hydrogen-bond acceptors (Lipinski definition) is 6. The Morgan fingerprint density at radius 3 is 2.63 bits per heavy atom. The number of fused-ring (bicyclic) bond motifs is 1. The number of rotatable bonds is 6. The number of thioether (sulfide) groups is 1. The molecule has 0 spiro atoms. The van der Waals surface area contributed by atoms with Gasteiger partial charge in [-0.25, -0.2) is 9.67 Å². The molecule has 1 amide bonds. The fourth-order valence-electron chi connectivity index (χ4n) is 2.74. The van der Waals surface area contributed by atoms with E-state index in [4.69, 9.17) is 16.3 Å². The van der Waals surface area contributed by atoms with Crippen LogP contribution in [-0.2, 0) is 4.79 Å². The summed E-state index contributed by atoms with van der Waals surface area (Å²) in [5, 5.41) is 8.32. The van der Waals surface area contributed by atoms with Gasteiger partial charge in [-0.3, -0.25) is 9.59 Å². The molecule has 30 heavy (non-hydrogen) atoms. The molecule has 0 bridgehead atoms. The van der Waals surface area contributed by atoms with Crippen LogP contribution < -0.4 is 15.6 Å². The molecule has 0 saturated carbocycles. The van der Waals surface area contributed by atoms with Gasteiger partial charge in [-0.05, 0) is 48.5 Å². The van der Waals surface area contributed by atoms with Crippen molar-refractivity contribution < 1.29 is 9.53 Å². The van der Waals surface area contributed by atoms with Crippen molar-refractivity contribution in [2.24, 2.45) is 0 Å². The minimum atomic E-state index is -0.319. The topological polar surface area (TPSA) is 102 Å². The van der Waals surface area contributed by atoms with Crippen LogP contribution in [0.5, 0.6) is 5.75 Å². The molecule has 0 radical (unpaired) electrons. The van der Waals surface area contributed by atoms with E-state index >= 15 is 0 Å². The maximum Gasteiger partial charge on any atom is 0.262 e. The van der Waals surface area contributed by atoms with Gasteiger partial charge in [0.2, 0.25) is 5.91 Å². The van der Waals surface area contributed by atoms with Crippen LogP contribution in [0.1, 0.15) is 0 Å². The van der Waals surface area contributed by atoms with E-state index in [1.807, 2.05) is 12.1 Å². The molecule has 0 atom stereocenters. The van der Waals surface area contributed by atoms with Gasteiger partial charge >= 0.3 is 0 Å². The van der Waals surface area contributed by atoms with Crippen molar-refractivity contribution in [2.75, 3.05) is 18.2 Å². The molecule has 152 valence electrons. The molecule has 2 heterocycles. The van der Waals surface area contributed by atoms with Gasteiger partial charge in [0.05, 0.1) is 24.7 Å². The lowest BCUT2D eigenvalue weighted by molar-refractivity contribution is -0.113. The van der Waals surface area contributed by atoms with E-state index in [1.165, 1.54) is 6.20 Å². The molecule has 0 fully saturated rings. The van der Waals surface area contributed by atoms with Crippen LogP contribution >= 0.6 is 23.4 Å². The number of nitrogens with one attached hydrogen (secondary N) is 2. The molecule has 0 aliphatic carbocycles. The van der Waals surface area contributed by atoms with Crippen LogP contribution in [0.3, 0.4) is 0 Å². The number of benzene rings is 2. The highest BCUT2D eigenvalue weighted by atomic mass is 35.5. The summed E-state index contributed by atoms with van der Waals surface area (Å²) < 4.78 is 6.74. The Bertz CT molecular complexity index is 1250. The molecule has 2 aromatic heterocycles. The second-order valence-corrected chi connectivity index (χ2v) is 7.61. The Morgan fingerprint density at radius 2 is 1.93 bits per heavy atom. The van der Waals surface area contributed by atoms with Gasteiger partial charge in [0, 0.05) is 10.7 Å². The third-order valence-electron chi connectivity index (χ3n) is 4.20. The SMILES string of the molecule is COc1ccc(-n2ncc3c(=O)[nH]c(SCC(=O)Nc4ccc(Cl)cc4)nc32)cc1. The number of ether oxygens (including phenoxy) is 1. The average Bonchev–Trinajstić information content (AvgIpc) is 3.18. The first-order valence-electron chi connectivity index (χ1n) is 8.84. The highest BCUT2D eigenvalue weighted by Crippen LogP contribution is 2.20. The largest absolute Gasteiger partial charge is 0.497 e. The average molecular weight is 442 g/mol. The predicted molar refractivity (Wildman–Crippen MR) is 117 cm³/mol. The number of carbonyl (C=O) groups excluding carboxylic acids is 1. The molecule has 4 rings (SSSR count). The zero-order chi connectivity index (χ0) is 21.1. The van der Waals surface area contributed by atoms with Gasteiger partial charge < -0.3 is 15.0 Å². The van der Waals surface area contributed by atoms with E-state index in [9.17, 15) is 9.59 Å². The predicted octanol–water partition coefficient (Wildman–Crippen LogP) is 3.50. The fraction of sp³-hybridized carbons (Fsp3) is 0.100. The third-order valence-corrected chi connectivity index (χ3v) is 5.33. The fourth-order valence-corrected chi connectivity index (χ4v) is 3.53. The quantitative estimate of drug-likeness (QED) is 0.350. The van der Waals surface area contributed by atoms with E-state index in [0.717, 1.165) is 17.4 Å². The Labute approximate surface area is 180 Å². The van der Waals surface area contributed by atoms with Crippen LogP contribution in [0.4, 0.5) is 5.69 Å². The molecule has 10 heteroatoms. The molecule has 2 aromatic carbocycles. The second kappa shape index (κ2) is 8.60. The van der Waals surface area contributed by atoms with Gasteiger partial charge in [-0.1, -0.05) is 23.4 Å². The van der Waals surface area contributed by atoms with Crippen LogP contribution in [0.2, 0.25) is 5.02 Å². The second-order valence-electron chi connectivity index (χ2n) is 6.21. The van der Waals surface area contributed by atoms with Crippen molar-refractivity contribution in [1.82, 2.24) is 19.7 Å². The zero-order valence-corrected chi connectivity index (χ0v) is 17.3. The highest BCUT2D eigenvalue weighted by molar-refractivity contribution is 7.99. The first-order chi connectivity index (χ1) is 14.5. The van der Waals surface area contributed by atoms with Gasteiger partial charge in [0.1, 0.15) is 11.1 Å². The summed E-state index contributed by atoms with van der Waals surface area (Å²) in [6.45, 7) is 0. The number of aromatic nitrogens is 4. The molecule has 4 aromatic rings. The molecule has 0 aliphatic rings. The summed E-state index contributed by atoms with van der Waals surface area (Å²) in [5.74, 6) is 0.561. The number of aromatic amines is 1. The van der Waals surface area contributed by atoms with Crippen molar-refractivity contribution in [2.45, 2.75) is 5.16 Å². The number of H-pyrrole nitrogens is 1. The standard InChI is InChI=1S/C20H16ClN5O3S/c1-29-15-8-6-14(7-9-15)26-18-16(10-22-26)19(28)25-20(24-18)30-11-17(27)23-13-4-2-12(21)3-5-13/h2-10H,11H2,1H3,(H,23,27)(H,24,25,28). The van der Waals surface area contributed by atoms with Crippen LogP contribution in [0.15, 0.2) is 64.7 Å². The highest BCUT2D eigenvalue weighted by Gasteiger charge is 2.13. The number of amides is 1. The smallest absolute Gasteiger partial charge is 0.262 e. The number of methoxy groups -OCH3 is 1. The summed E-state index contributed by atoms with van der Waals surface area (Å²) in [6, 6.07) is 14.0. The molecule has 0 aliphatic heterocycles. The summed E-state index contributed by atoms with van der Waals surface area (Å²) in [5.41, 5.74) is 1.46. The van der Waals surface area contributed by atoms with Crippen LogP contribution in [0, 0.1) is 0 Å². The lowest BCUT2D eigenvalue weighted by atomic mass is 10.3. The van der Waals surface area contributed by atoms with Crippen molar-refractivity contribution in [3.8, 4) is 11.4 Å². The third kappa shape index (κ3) is 4.32. The van der Waals surface area contributed by atoms with Gasteiger partial charge in [0.15, 0.2) is 10.8 Å². The zero-order valence-electron chi connectivity index (χ0n) is 15.8. The molecule has 8 nitrogen and oxygen atoms in total. The van der Waals surface area contributed by atoms with E-state index in [0.29, 0.717) is 32.6 Å². The van der Waals surface area contributed by atoms with E-state index < -0.39 is 0 Å². The molecular formula is C20H16ClN5O3S. The Kier molecular flexibility index (Phi) is 5.73. The van der Waals surface area contributed by atoms with Crippen molar-refractivity contribution in [3.63, 3.8) is 0 Å². The molecule has 2 N–H and O–H groups in total. The van der Waals surface area contributed by atoms with E-state index in [2.05, 4.69) is 20.4 Å².